The molecule has 3 aliphatic rings. The summed E-state index contributed by atoms with van der Waals surface area (Å²) in [6.45, 7) is 4.47. The number of anilines is 1. The minimum absolute atomic E-state index is 0.145. The number of hydrogen-bond donors (Lipinski definition) is 2. The molecule has 5 atom stereocenters. The van der Waals surface area contributed by atoms with Crippen LogP contribution in [0.2, 0.25) is 0 Å². The van der Waals surface area contributed by atoms with Gasteiger partial charge in [-0.05, 0) is 73.2 Å². The molecule has 3 saturated heterocycles. The maximum atomic E-state index is 11.7. The Balaban J connectivity index is 1.60. The number of hydrogen-bond acceptors (Lipinski definition) is 5. The average molecular weight is 418 g/mol. The second kappa shape index (κ2) is 8.13. The van der Waals surface area contributed by atoms with Gasteiger partial charge < -0.3 is 15.6 Å². The van der Waals surface area contributed by atoms with E-state index in [0.29, 0.717) is 11.6 Å². The van der Waals surface area contributed by atoms with E-state index >= 15 is 0 Å². The first-order valence-electron chi connectivity index (χ1n) is 11.3. The molecule has 6 rings (SSSR count). The lowest BCUT2D eigenvalue weighted by Crippen LogP contribution is -2.55. The van der Waals surface area contributed by atoms with Crippen LogP contribution < -0.4 is 10.5 Å². The van der Waals surface area contributed by atoms with E-state index in [1.807, 2.05) is 48.5 Å². The predicted octanol–water partition coefficient (Wildman–Crippen LogP) is 4.65. The zero-order valence-corrected chi connectivity index (χ0v) is 18.3. The van der Waals surface area contributed by atoms with Crippen molar-refractivity contribution in [2.75, 3.05) is 25.9 Å². The molecule has 2 aromatic carbocycles. The van der Waals surface area contributed by atoms with Gasteiger partial charge >= 0.3 is 0 Å². The summed E-state index contributed by atoms with van der Waals surface area (Å²) >= 11 is 0. The highest BCUT2D eigenvalue weighted by molar-refractivity contribution is 5.87. The van der Waals surface area contributed by atoms with Crippen molar-refractivity contribution in [2.24, 2.45) is 11.8 Å². The van der Waals surface area contributed by atoms with Crippen LogP contribution in [0.15, 0.2) is 48.5 Å². The topological polar surface area (TPSA) is 71.6 Å². The summed E-state index contributed by atoms with van der Waals surface area (Å²) in [6, 6.07) is 15.9. The third-order valence-electron chi connectivity index (χ3n) is 7.37. The molecular formula is C26H31N3O2. The van der Waals surface area contributed by atoms with E-state index < -0.39 is 6.10 Å². The Morgan fingerprint density at radius 1 is 1.23 bits per heavy atom. The Kier molecular flexibility index (Phi) is 5.32. The van der Waals surface area contributed by atoms with Crippen molar-refractivity contribution < 1.29 is 9.84 Å². The highest BCUT2D eigenvalue weighted by atomic mass is 16.5. The molecule has 4 heterocycles. The van der Waals surface area contributed by atoms with Gasteiger partial charge in [-0.25, -0.2) is 4.98 Å². The third kappa shape index (κ3) is 3.66. The van der Waals surface area contributed by atoms with Crippen LogP contribution in [-0.2, 0) is 0 Å². The number of nitrogens with zero attached hydrogens (tertiary/aromatic N) is 2. The van der Waals surface area contributed by atoms with Gasteiger partial charge in [-0.2, -0.15) is 0 Å². The van der Waals surface area contributed by atoms with E-state index in [0.717, 1.165) is 58.9 Å². The maximum absolute atomic E-state index is 11.7. The number of nitrogens with two attached hydrogens (primary N) is 1. The molecule has 3 N–H and O–H groups in total. The minimum Gasteiger partial charge on any atom is -0.497 e. The molecule has 0 aliphatic carbocycles. The number of benzene rings is 2. The van der Waals surface area contributed by atoms with Gasteiger partial charge in [-0.15, -0.1) is 0 Å². The lowest BCUT2D eigenvalue weighted by Gasteiger charge is -2.51. The second-order valence-corrected chi connectivity index (χ2v) is 9.07. The first-order valence-corrected chi connectivity index (χ1v) is 11.3. The number of ether oxygens (including phenoxy) is 1. The molecule has 0 radical (unpaired) electrons. The number of piperidine rings is 3. The van der Waals surface area contributed by atoms with Gasteiger partial charge in [0.05, 0.1) is 24.4 Å². The fraction of sp³-hybridized carbons (Fsp3) is 0.423. The van der Waals surface area contributed by atoms with E-state index in [4.69, 9.17) is 15.5 Å². The maximum Gasteiger partial charge on any atom is 0.119 e. The molecule has 3 fully saturated rings. The van der Waals surface area contributed by atoms with Crippen molar-refractivity contribution in [3.63, 3.8) is 0 Å². The lowest BCUT2D eigenvalue weighted by molar-refractivity contribution is -0.0562. The first-order chi connectivity index (χ1) is 15.1. The van der Waals surface area contributed by atoms with Gasteiger partial charge in [0, 0.05) is 29.2 Å². The fourth-order valence-corrected chi connectivity index (χ4v) is 5.63. The Labute approximate surface area is 183 Å². The lowest BCUT2D eigenvalue weighted by atomic mass is 9.72. The summed E-state index contributed by atoms with van der Waals surface area (Å²) in [6.07, 6.45) is 2.96. The van der Waals surface area contributed by atoms with Crippen LogP contribution in [0.5, 0.6) is 5.75 Å². The van der Waals surface area contributed by atoms with Gasteiger partial charge in [-0.3, -0.25) is 4.90 Å². The van der Waals surface area contributed by atoms with Gasteiger partial charge in [-0.1, -0.05) is 25.5 Å². The van der Waals surface area contributed by atoms with Crippen molar-refractivity contribution in [3.8, 4) is 17.0 Å². The van der Waals surface area contributed by atoms with Gasteiger partial charge in [0.15, 0.2) is 0 Å². The number of rotatable bonds is 5. The normalized spacial score (nSPS) is 26.2. The van der Waals surface area contributed by atoms with E-state index in [-0.39, 0.29) is 6.04 Å². The van der Waals surface area contributed by atoms with Crippen molar-refractivity contribution >= 4 is 16.6 Å². The number of methoxy groups -OCH3 is 1. The molecule has 0 spiro atoms. The average Bonchev–Trinajstić information content (AvgIpc) is 2.82. The summed E-state index contributed by atoms with van der Waals surface area (Å²) in [5.41, 5.74) is 10.3. The smallest absolute Gasteiger partial charge is 0.119 e. The van der Waals surface area contributed by atoms with Gasteiger partial charge in [0.25, 0.3) is 0 Å². The van der Waals surface area contributed by atoms with E-state index in [1.54, 1.807) is 7.11 Å². The zero-order valence-electron chi connectivity index (χ0n) is 18.3. The standard InChI is InChI=1S/C26H31N3O2/c1-3-16-15-29-10-9-17(16)12-25(29)26(30)22-14-24(18-5-4-6-19(27)11-18)28-23-8-7-20(31-2)13-21(22)23/h4-8,11,13-14,16-17,25-26,30H,3,9-10,12,15,27H2,1-2H3/t16?,17?,25?,26-/m1/s1. The summed E-state index contributed by atoms with van der Waals surface area (Å²) in [4.78, 5) is 7.39. The van der Waals surface area contributed by atoms with Crippen molar-refractivity contribution in [3.05, 3.63) is 54.1 Å². The molecular weight excluding hydrogens is 386 g/mol. The monoisotopic (exact) mass is 417 g/mol. The van der Waals surface area contributed by atoms with E-state index in [2.05, 4.69) is 11.8 Å². The zero-order chi connectivity index (χ0) is 21.5. The van der Waals surface area contributed by atoms with Gasteiger partial charge in [0.1, 0.15) is 5.75 Å². The molecule has 1 aromatic heterocycles. The number of aliphatic hydroxyl groups excluding tert-OH is 1. The number of aliphatic hydroxyl groups is 1. The van der Waals surface area contributed by atoms with E-state index in [1.165, 1.54) is 12.8 Å². The molecule has 0 amide bonds. The largest absolute Gasteiger partial charge is 0.497 e. The minimum atomic E-state index is -0.571. The second-order valence-electron chi connectivity index (χ2n) is 9.07. The molecule has 2 bridgehead atoms. The Morgan fingerprint density at radius 2 is 2.10 bits per heavy atom. The van der Waals surface area contributed by atoms with Crippen molar-refractivity contribution in [1.82, 2.24) is 9.88 Å². The molecule has 31 heavy (non-hydrogen) atoms. The number of aromatic nitrogens is 1. The SMILES string of the molecule is CCC1CN2CCC1CC2[C@H](O)c1cc(-c2cccc(N)c2)nc2ccc(OC)cc12. The van der Waals surface area contributed by atoms with Crippen LogP contribution in [-0.4, -0.2) is 41.2 Å². The van der Waals surface area contributed by atoms with Crippen LogP contribution in [0, 0.1) is 11.8 Å². The molecule has 3 aliphatic heterocycles. The Hall–Kier alpha value is -2.63. The van der Waals surface area contributed by atoms with E-state index in [9.17, 15) is 5.11 Å². The molecule has 3 aromatic rings. The first kappa shape index (κ1) is 20.3. The summed E-state index contributed by atoms with van der Waals surface area (Å²) in [5, 5.41) is 12.6. The quantitative estimate of drug-likeness (QED) is 0.592. The highest BCUT2D eigenvalue weighted by Gasteiger charge is 2.42. The molecule has 5 heteroatoms. The predicted molar refractivity (Wildman–Crippen MR) is 125 cm³/mol. The van der Waals surface area contributed by atoms with Crippen LogP contribution >= 0.6 is 0 Å². The van der Waals surface area contributed by atoms with Crippen molar-refractivity contribution in [2.45, 2.75) is 38.3 Å². The number of pyridine rings is 1. The highest BCUT2D eigenvalue weighted by Crippen LogP contribution is 2.43. The molecule has 0 saturated carbocycles. The van der Waals surface area contributed by atoms with Crippen LogP contribution in [0.4, 0.5) is 5.69 Å². The van der Waals surface area contributed by atoms with Crippen LogP contribution in [0.3, 0.4) is 0 Å². The molecule has 5 nitrogen and oxygen atoms in total. The van der Waals surface area contributed by atoms with Crippen LogP contribution in [0.1, 0.15) is 37.9 Å². The molecule has 4 unspecified atom stereocenters. The number of nitrogen functional groups attached to an aromatic ring is 1. The Morgan fingerprint density at radius 3 is 2.81 bits per heavy atom. The third-order valence-corrected chi connectivity index (χ3v) is 7.37. The summed E-state index contributed by atoms with van der Waals surface area (Å²) in [7, 11) is 1.67. The van der Waals surface area contributed by atoms with Gasteiger partial charge in [0.2, 0.25) is 0 Å². The number of fused-ring (bicyclic) bond motifs is 4. The summed E-state index contributed by atoms with van der Waals surface area (Å²) in [5.74, 6) is 2.25. The molecule has 162 valence electrons. The van der Waals surface area contributed by atoms with Crippen LogP contribution in [0.25, 0.3) is 22.2 Å². The Bertz CT molecular complexity index is 1100. The van der Waals surface area contributed by atoms with Crippen molar-refractivity contribution in [1.29, 1.82) is 0 Å². The fourth-order valence-electron chi connectivity index (χ4n) is 5.63. The summed E-state index contributed by atoms with van der Waals surface area (Å²) < 4.78 is 5.47.